The van der Waals surface area contributed by atoms with Gasteiger partial charge in [-0.1, -0.05) is 78.9 Å². The van der Waals surface area contributed by atoms with Gasteiger partial charge in [0.2, 0.25) is 10.0 Å². The molecule has 0 amide bonds. The number of aromatic nitrogens is 1. The summed E-state index contributed by atoms with van der Waals surface area (Å²) in [7, 11) is -8.00. The lowest BCUT2D eigenvalue weighted by Crippen LogP contribution is -2.46. The number of halogens is 2. The number of aryl methyl sites for hydroxylation is 1. The van der Waals surface area contributed by atoms with Gasteiger partial charge in [0.1, 0.15) is 21.4 Å². The molecule has 52 heavy (non-hydrogen) atoms. The molecule has 0 unspecified atom stereocenters. The average Bonchev–Trinajstić information content (AvgIpc) is 3.57. The number of benzene rings is 5. The van der Waals surface area contributed by atoms with Crippen molar-refractivity contribution < 1.29 is 25.6 Å². The van der Waals surface area contributed by atoms with E-state index in [1.807, 2.05) is 12.1 Å². The summed E-state index contributed by atoms with van der Waals surface area (Å²) >= 11 is 1.56. The fraction of sp³-hybridized carbons (Fsp3) is 0.184. The van der Waals surface area contributed by atoms with Crippen molar-refractivity contribution in [3.8, 4) is 11.1 Å². The summed E-state index contributed by atoms with van der Waals surface area (Å²) in [5.41, 5.74) is 2.39. The highest BCUT2D eigenvalue weighted by molar-refractivity contribution is 7.92. The van der Waals surface area contributed by atoms with E-state index >= 15 is 0 Å². The lowest BCUT2D eigenvalue weighted by atomic mass is 10.1. The van der Waals surface area contributed by atoms with Gasteiger partial charge in [0.15, 0.2) is 5.82 Å². The summed E-state index contributed by atoms with van der Waals surface area (Å²) in [5, 5.41) is 6.18. The van der Waals surface area contributed by atoms with Crippen molar-refractivity contribution in [1.29, 1.82) is 0 Å². The molecule has 6 aromatic rings. The van der Waals surface area contributed by atoms with E-state index in [0.717, 1.165) is 69.1 Å². The van der Waals surface area contributed by atoms with Gasteiger partial charge in [0.25, 0.3) is 10.0 Å². The number of nitrogens with zero attached hydrogens (tertiary/aromatic N) is 3. The first-order valence-electron chi connectivity index (χ1n) is 16.5. The average molecular weight is 762 g/mol. The highest BCUT2D eigenvalue weighted by Gasteiger charge is 2.21. The number of primary sulfonamides is 1. The predicted molar refractivity (Wildman–Crippen MR) is 203 cm³/mol. The Morgan fingerprint density at radius 1 is 0.731 bits per heavy atom. The number of hydrogen-bond donors (Lipinski definition) is 2. The first-order chi connectivity index (χ1) is 25.0. The van der Waals surface area contributed by atoms with Crippen LogP contribution in [0.15, 0.2) is 131 Å². The van der Waals surface area contributed by atoms with Gasteiger partial charge in [0, 0.05) is 42.8 Å². The van der Waals surface area contributed by atoms with E-state index < -0.39 is 36.6 Å². The van der Waals surface area contributed by atoms with E-state index in [0.29, 0.717) is 11.3 Å². The molecule has 1 saturated heterocycles. The number of rotatable bonds is 10. The van der Waals surface area contributed by atoms with E-state index in [1.165, 1.54) is 40.4 Å². The van der Waals surface area contributed by atoms with Crippen LogP contribution in [0.2, 0.25) is 0 Å². The fourth-order valence-corrected chi connectivity index (χ4v) is 8.54. The van der Waals surface area contributed by atoms with E-state index in [2.05, 4.69) is 43.2 Å². The van der Waals surface area contributed by atoms with E-state index in [-0.39, 0.29) is 10.5 Å². The number of piperazine rings is 1. The van der Waals surface area contributed by atoms with Gasteiger partial charge in [0.05, 0.1) is 4.70 Å². The standard InChI is InChI=1S/C26H27FN4O2S2.C12H10FNO2S/c27-23-8-2-4-10-25(23)35(32,33)29-21-13-11-20(12-14-21)6-5-15-30-16-18-31(19-17-30)26-22-7-1-3-9-24(22)34-28-26;13-12-10(9-5-2-1-3-6-9)7-4-8-11(12)17(14,15)16/h1-4,7-14,29H,5-6,15-19H2;1-8H,(H2,14,15,16). The van der Waals surface area contributed by atoms with Crippen LogP contribution in [0, 0.1) is 11.6 Å². The number of anilines is 2. The molecule has 1 aliphatic rings. The normalized spacial score (nSPS) is 13.8. The van der Waals surface area contributed by atoms with Crippen molar-refractivity contribution >= 4 is 53.2 Å². The fourth-order valence-electron chi connectivity index (χ4n) is 5.97. The molecular formula is C38H37F2N5O4S3. The molecule has 0 bridgehead atoms. The van der Waals surface area contributed by atoms with Gasteiger partial charge in [-0.2, -0.15) is 4.37 Å². The third kappa shape index (κ3) is 9.00. The minimum absolute atomic E-state index is 0.220. The summed E-state index contributed by atoms with van der Waals surface area (Å²) in [6.07, 6.45) is 1.94. The number of nitrogens with two attached hydrogens (primary N) is 1. The second kappa shape index (κ2) is 16.3. The van der Waals surface area contributed by atoms with Crippen molar-refractivity contribution in [1.82, 2.24) is 9.27 Å². The molecule has 1 fully saturated rings. The van der Waals surface area contributed by atoms with Gasteiger partial charge in [-0.15, -0.1) is 0 Å². The molecule has 1 aromatic heterocycles. The summed E-state index contributed by atoms with van der Waals surface area (Å²) in [5.74, 6) is -0.477. The molecular weight excluding hydrogens is 725 g/mol. The first-order valence-corrected chi connectivity index (χ1v) is 20.3. The molecule has 14 heteroatoms. The molecule has 1 aliphatic heterocycles. The number of hydrogen-bond acceptors (Lipinski definition) is 8. The zero-order chi connectivity index (χ0) is 36.7. The van der Waals surface area contributed by atoms with E-state index in [9.17, 15) is 25.6 Å². The van der Waals surface area contributed by atoms with Crippen molar-refractivity contribution in [3.63, 3.8) is 0 Å². The minimum Gasteiger partial charge on any atom is -0.353 e. The lowest BCUT2D eigenvalue weighted by Gasteiger charge is -2.35. The Morgan fingerprint density at radius 2 is 1.38 bits per heavy atom. The topological polar surface area (TPSA) is 126 Å². The van der Waals surface area contributed by atoms with E-state index in [4.69, 9.17) is 5.14 Å². The maximum atomic E-state index is 14.0. The summed E-state index contributed by atoms with van der Waals surface area (Å²) < 4.78 is 83.5. The van der Waals surface area contributed by atoms with Gasteiger partial charge >= 0.3 is 0 Å². The van der Waals surface area contributed by atoms with Crippen LogP contribution in [-0.4, -0.2) is 58.8 Å². The van der Waals surface area contributed by atoms with Gasteiger partial charge in [-0.05, 0) is 84.5 Å². The van der Waals surface area contributed by atoms with Crippen LogP contribution in [-0.2, 0) is 26.5 Å². The first kappa shape index (κ1) is 37.0. The molecule has 0 saturated carbocycles. The van der Waals surface area contributed by atoms with E-state index in [1.54, 1.807) is 54.0 Å². The third-order valence-corrected chi connectivity index (χ3v) is 11.8. The van der Waals surface area contributed by atoms with Crippen LogP contribution in [0.5, 0.6) is 0 Å². The smallest absolute Gasteiger partial charge is 0.264 e. The van der Waals surface area contributed by atoms with Gasteiger partial charge < -0.3 is 4.90 Å². The molecule has 0 radical (unpaired) electrons. The highest BCUT2D eigenvalue weighted by atomic mass is 32.2. The third-order valence-electron chi connectivity index (χ3n) is 8.66. The Hall–Kier alpha value is -4.73. The number of nitrogens with one attached hydrogen (secondary N) is 1. The molecule has 3 N–H and O–H groups in total. The minimum atomic E-state index is -4.04. The zero-order valence-electron chi connectivity index (χ0n) is 28.0. The Labute approximate surface area is 306 Å². The molecule has 0 spiro atoms. The zero-order valence-corrected chi connectivity index (χ0v) is 30.5. The molecule has 9 nitrogen and oxygen atoms in total. The van der Waals surface area contributed by atoms with Crippen molar-refractivity contribution in [2.75, 3.05) is 42.3 Å². The SMILES string of the molecule is NS(=O)(=O)c1cccc(-c2ccccc2)c1F.O=S(=O)(Nc1ccc(CCCN2CCN(c3nsc4ccccc34)CC2)cc1)c1ccccc1F. The van der Waals surface area contributed by atoms with Crippen LogP contribution in [0.25, 0.3) is 21.2 Å². The maximum absolute atomic E-state index is 14.0. The van der Waals surface area contributed by atoms with Crippen LogP contribution in [0.4, 0.5) is 20.3 Å². The Kier molecular flexibility index (Phi) is 11.6. The second-order valence-corrected chi connectivity index (χ2v) is 16.2. The lowest BCUT2D eigenvalue weighted by molar-refractivity contribution is 0.255. The van der Waals surface area contributed by atoms with Crippen molar-refractivity contribution in [3.05, 3.63) is 139 Å². The van der Waals surface area contributed by atoms with Gasteiger partial charge in [-0.3, -0.25) is 9.62 Å². The Bertz CT molecular complexity index is 2350. The summed E-state index contributed by atoms with van der Waals surface area (Å²) in [4.78, 5) is 4.03. The van der Waals surface area contributed by atoms with Crippen molar-refractivity contribution in [2.24, 2.45) is 5.14 Å². The Morgan fingerprint density at radius 3 is 2.10 bits per heavy atom. The summed E-state index contributed by atoms with van der Waals surface area (Å²) in [6, 6.07) is 33.9. The molecule has 2 heterocycles. The second-order valence-electron chi connectivity index (χ2n) is 12.2. The van der Waals surface area contributed by atoms with Crippen LogP contribution in [0.3, 0.4) is 0 Å². The van der Waals surface area contributed by atoms with Crippen LogP contribution >= 0.6 is 11.5 Å². The monoisotopic (exact) mass is 761 g/mol. The predicted octanol–water partition coefficient (Wildman–Crippen LogP) is 7.13. The van der Waals surface area contributed by atoms with Gasteiger partial charge in [-0.25, -0.2) is 30.8 Å². The largest absolute Gasteiger partial charge is 0.353 e. The highest BCUT2D eigenvalue weighted by Crippen LogP contribution is 2.30. The number of fused-ring (bicyclic) bond motifs is 1. The maximum Gasteiger partial charge on any atom is 0.264 e. The molecule has 5 aromatic carbocycles. The molecule has 0 atom stereocenters. The number of sulfonamides is 2. The quantitative estimate of drug-likeness (QED) is 0.152. The molecule has 270 valence electrons. The van der Waals surface area contributed by atoms with Crippen molar-refractivity contribution in [2.45, 2.75) is 22.6 Å². The van der Waals surface area contributed by atoms with Crippen LogP contribution < -0.4 is 14.8 Å². The summed E-state index contributed by atoms with van der Waals surface area (Å²) in [6.45, 7) is 5.01. The van der Waals surface area contributed by atoms with Crippen LogP contribution in [0.1, 0.15) is 12.0 Å². The molecule has 0 aliphatic carbocycles. The molecule has 7 rings (SSSR count). The Balaban J connectivity index is 0.000000229.